The second-order valence-electron chi connectivity index (χ2n) is 4.88. The minimum absolute atomic E-state index is 0.0956. The van der Waals surface area contributed by atoms with Crippen molar-refractivity contribution in [3.8, 4) is 10.4 Å². The number of thiophene rings is 1. The van der Waals surface area contributed by atoms with Crippen LogP contribution in [0.5, 0.6) is 0 Å². The van der Waals surface area contributed by atoms with Gasteiger partial charge in [-0.25, -0.2) is 0 Å². The standard InChI is InChI=1S/C16H16N2O2S/c1-3-11-12-15(20)17-14(9(2)19)18-16(12)21-13(11)10-7-5-4-6-8-10/h4-8,14,18-19H,2-3H2,1H3,(H,17,20). The average molecular weight is 300 g/mol. The molecule has 21 heavy (non-hydrogen) atoms. The number of nitrogens with one attached hydrogen (secondary N) is 2. The highest BCUT2D eigenvalue weighted by molar-refractivity contribution is 7.20. The number of carbonyl (C=O) groups is 1. The van der Waals surface area contributed by atoms with Crippen molar-refractivity contribution in [2.75, 3.05) is 5.32 Å². The average Bonchev–Trinajstić information content (AvgIpc) is 2.87. The number of carbonyl (C=O) groups excluding carboxylic acids is 1. The fraction of sp³-hybridized carbons (Fsp3) is 0.188. The lowest BCUT2D eigenvalue weighted by atomic mass is 10.0. The van der Waals surface area contributed by atoms with Crippen molar-refractivity contribution < 1.29 is 9.90 Å². The van der Waals surface area contributed by atoms with Crippen LogP contribution in [0.25, 0.3) is 10.4 Å². The summed E-state index contributed by atoms with van der Waals surface area (Å²) < 4.78 is 0. The van der Waals surface area contributed by atoms with E-state index < -0.39 is 6.17 Å². The number of fused-ring (bicyclic) bond motifs is 1. The minimum Gasteiger partial charge on any atom is -0.509 e. The van der Waals surface area contributed by atoms with Gasteiger partial charge in [0.05, 0.1) is 5.56 Å². The zero-order valence-electron chi connectivity index (χ0n) is 11.6. The van der Waals surface area contributed by atoms with E-state index in [2.05, 4.69) is 17.2 Å². The number of aliphatic hydroxyl groups excluding tert-OH is 1. The number of aliphatic hydroxyl groups is 1. The van der Waals surface area contributed by atoms with Gasteiger partial charge in [0.1, 0.15) is 10.8 Å². The summed E-state index contributed by atoms with van der Waals surface area (Å²) in [6.07, 6.45) is 0.146. The molecule has 0 bridgehead atoms. The van der Waals surface area contributed by atoms with Gasteiger partial charge in [0.15, 0.2) is 6.17 Å². The normalized spacial score (nSPS) is 16.8. The molecule has 1 atom stereocenters. The van der Waals surface area contributed by atoms with Crippen LogP contribution >= 0.6 is 11.3 Å². The van der Waals surface area contributed by atoms with Gasteiger partial charge in [0, 0.05) is 4.88 Å². The molecule has 5 heteroatoms. The van der Waals surface area contributed by atoms with Crippen LogP contribution in [-0.2, 0) is 6.42 Å². The van der Waals surface area contributed by atoms with E-state index in [1.807, 2.05) is 37.3 Å². The molecule has 1 aromatic carbocycles. The monoisotopic (exact) mass is 300 g/mol. The van der Waals surface area contributed by atoms with Crippen LogP contribution in [0.3, 0.4) is 0 Å². The first-order valence-corrected chi connectivity index (χ1v) is 7.59. The van der Waals surface area contributed by atoms with Crippen LogP contribution in [0, 0.1) is 0 Å². The second-order valence-corrected chi connectivity index (χ2v) is 5.90. The van der Waals surface area contributed by atoms with E-state index in [9.17, 15) is 9.90 Å². The van der Waals surface area contributed by atoms with Crippen LogP contribution in [0.1, 0.15) is 22.8 Å². The highest BCUT2D eigenvalue weighted by Gasteiger charge is 2.31. The lowest BCUT2D eigenvalue weighted by molar-refractivity contribution is 0.0933. The summed E-state index contributed by atoms with van der Waals surface area (Å²) in [6.45, 7) is 5.52. The van der Waals surface area contributed by atoms with Crippen molar-refractivity contribution in [3.63, 3.8) is 0 Å². The van der Waals surface area contributed by atoms with Gasteiger partial charge in [0.25, 0.3) is 5.91 Å². The highest BCUT2D eigenvalue weighted by Crippen LogP contribution is 2.42. The third-order valence-corrected chi connectivity index (χ3v) is 4.72. The number of amides is 1. The number of hydrogen-bond acceptors (Lipinski definition) is 4. The molecule has 1 aromatic heterocycles. The number of hydrogen-bond donors (Lipinski definition) is 3. The molecule has 1 amide bonds. The van der Waals surface area contributed by atoms with Gasteiger partial charge < -0.3 is 15.7 Å². The fourth-order valence-electron chi connectivity index (χ4n) is 2.50. The van der Waals surface area contributed by atoms with Gasteiger partial charge in [-0.05, 0) is 17.5 Å². The molecular formula is C16H16N2O2S. The third-order valence-electron chi connectivity index (χ3n) is 3.51. The summed E-state index contributed by atoms with van der Waals surface area (Å²) in [7, 11) is 0. The maximum Gasteiger partial charge on any atom is 0.256 e. The first-order valence-electron chi connectivity index (χ1n) is 6.78. The van der Waals surface area contributed by atoms with Gasteiger partial charge in [-0.1, -0.05) is 43.8 Å². The number of benzene rings is 1. The molecule has 108 valence electrons. The lowest BCUT2D eigenvalue weighted by Gasteiger charge is -2.25. The summed E-state index contributed by atoms with van der Waals surface area (Å²) in [6, 6.07) is 10.0. The van der Waals surface area contributed by atoms with Gasteiger partial charge in [0.2, 0.25) is 0 Å². The zero-order valence-corrected chi connectivity index (χ0v) is 12.5. The molecule has 4 nitrogen and oxygen atoms in total. The maximum absolute atomic E-state index is 12.3. The molecule has 2 aromatic rings. The van der Waals surface area contributed by atoms with Crippen molar-refractivity contribution in [2.45, 2.75) is 19.5 Å². The Balaban J connectivity index is 2.12. The second kappa shape index (κ2) is 5.26. The van der Waals surface area contributed by atoms with E-state index >= 15 is 0 Å². The molecule has 0 radical (unpaired) electrons. The van der Waals surface area contributed by atoms with E-state index in [1.165, 1.54) is 0 Å². The first kappa shape index (κ1) is 13.7. The molecule has 0 aliphatic carbocycles. The summed E-state index contributed by atoms with van der Waals surface area (Å²) in [5.74, 6) is -0.263. The third kappa shape index (κ3) is 2.29. The Morgan fingerprint density at radius 1 is 1.33 bits per heavy atom. The predicted octanol–water partition coefficient (Wildman–Crippen LogP) is 3.53. The van der Waals surface area contributed by atoms with Crippen LogP contribution in [0.4, 0.5) is 5.00 Å². The Kier molecular flexibility index (Phi) is 3.43. The van der Waals surface area contributed by atoms with Crippen molar-refractivity contribution in [2.24, 2.45) is 0 Å². The lowest BCUT2D eigenvalue weighted by Crippen LogP contribution is -2.45. The van der Waals surface area contributed by atoms with Crippen molar-refractivity contribution in [3.05, 3.63) is 53.8 Å². The Morgan fingerprint density at radius 3 is 2.67 bits per heavy atom. The van der Waals surface area contributed by atoms with E-state index in [0.717, 1.165) is 27.4 Å². The molecular weight excluding hydrogens is 284 g/mol. The molecule has 0 saturated heterocycles. The summed E-state index contributed by atoms with van der Waals surface area (Å²) in [5, 5.41) is 16.1. The van der Waals surface area contributed by atoms with Gasteiger partial charge in [-0.2, -0.15) is 0 Å². The topological polar surface area (TPSA) is 61.4 Å². The Bertz CT molecular complexity index is 707. The maximum atomic E-state index is 12.3. The van der Waals surface area contributed by atoms with E-state index in [0.29, 0.717) is 5.56 Å². The van der Waals surface area contributed by atoms with E-state index in [1.54, 1.807) is 11.3 Å². The van der Waals surface area contributed by atoms with Crippen molar-refractivity contribution >= 4 is 22.2 Å². The Labute approximate surface area is 127 Å². The fourth-order valence-corrected chi connectivity index (χ4v) is 3.83. The Hall–Kier alpha value is -2.27. The van der Waals surface area contributed by atoms with E-state index in [4.69, 9.17) is 0 Å². The predicted molar refractivity (Wildman–Crippen MR) is 85.8 cm³/mol. The van der Waals surface area contributed by atoms with Crippen LogP contribution in [-0.4, -0.2) is 17.2 Å². The van der Waals surface area contributed by atoms with Gasteiger partial charge in [-0.15, -0.1) is 11.3 Å². The summed E-state index contributed by atoms with van der Waals surface area (Å²) in [5.41, 5.74) is 2.81. The first-order chi connectivity index (χ1) is 10.1. The molecule has 1 unspecified atom stereocenters. The van der Waals surface area contributed by atoms with E-state index in [-0.39, 0.29) is 11.7 Å². The molecule has 0 fully saturated rings. The highest BCUT2D eigenvalue weighted by atomic mass is 32.1. The molecule has 0 spiro atoms. The van der Waals surface area contributed by atoms with Gasteiger partial charge >= 0.3 is 0 Å². The molecule has 1 aliphatic heterocycles. The Morgan fingerprint density at radius 2 is 2.05 bits per heavy atom. The van der Waals surface area contributed by atoms with Crippen molar-refractivity contribution in [1.29, 1.82) is 0 Å². The van der Waals surface area contributed by atoms with Crippen molar-refractivity contribution in [1.82, 2.24) is 5.32 Å². The summed E-state index contributed by atoms with van der Waals surface area (Å²) in [4.78, 5) is 13.4. The smallest absolute Gasteiger partial charge is 0.256 e. The quantitative estimate of drug-likeness (QED) is 0.760. The molecule has 3 N–H and O–H groups in total. The minimum atomic E-state index is -0.628. The van der Waals surface area contributed by atoms with Crippen LogP contribution in [0.2, 0.25) is 0 Å². The SMILES string of the molecule is C=C(O)C1NC(=O)c2c(sc(-c3ccccc3)c2CC)N1. The molecule has 0 saturated carbocycles. The molecule has 1 aliphatic rings. The number of anilines is 1. The van der Waals surface area contributed by atoms with Crippen LogP contribution in [0.15, 0.2) is 42.7 Å². The molecule has 3 rings (SSSR count). The van der Waals surface area contributed by atoms with Gasteiger partial charge in [-0.3, -0.25) is 4.79 Å². The summed E-state index contributed by atoms with van der Waals surface area (Å²) >= 11 is 1.54. The zero-order chi connectivity index (χ0) is 15.0. The largest absolute Gasteiger partial charge is 0.509 e. The number of rotatable bonds is 3. The van der Waals surface area contributed by atoms with Crippen LogP contribution < -0.4 is 10.6 Å². The molecule has 2 heterocycles.